The fourth-order valence-corrected chi connectivity index (χ4v) is 5.31. The molecule has 1 saturated heterocycles. The maximum atomic E-state index is 6.02. The number of aryl methyl sites for hydroxylation is 1. The molecule has 5 rings (SSSR count). The first-order valence-electron chi connectivity index (χ1n) is 11.7. The number of hydrogen-bond acceptors (Lipinski definition) is 4. The third-order valence-corrected chi connectivity index (χ3v) is 6.91. The molecule has 2 atom stereocenters. The van der Waals surface area contributed by atoms with Crippen molar-refractivity contribution in [1.29, 1.82) is 0 Å². The molecule has 0 amide bonds. The average Bonchev–Trinajstić information content (AvgIpc) is 3.28. The fraction of sp³-hybridized carbons (Fsp3) is 0.241. The molecular weight excluding hydrogens is 438 g/mol. The summed E-state index contributed by atoms with van der Waals surface area (Å²) >= 11 is 1.64. The predicted octanol–water partition coefficient (Wildman–Crippen LogP) is 6.97. The van der Waals surface area contributed by atoms with Crippen molar-refractivity contribution >= 4 is 22.2 Å². The van der Waals surface area contributed by atoms with E-state index in [0.29, 0.717) is 0 Å². The van der Waals surface area contributed by atoms with Gasteiger partial charge < -0.3 is 9.64 Å². The highest BCUT2D eigenvalue weighted by Gasteiger charge is 2.26. The number of aromatic nitrogens is 1. The van der Waals surface area contributed by atoms with Gasteiger partial charge in [-0.25, -0.2) is 9.98 Å². The highest BCUT2D eigenvalue weighted by molar-refractivity contribution is 7.19. The van der Waals surface area contributed by atoms with Gasteiger partial charge >= 0.3 is 0 Å². The summed E-state index contributed by atoms with van der Waals surface area (Å²) in [5, 5.41) is 1.90. The lowest BCUT2D eigenvalue weighted by atomic mass is 10.1. The van der Waals surface area contributed by atoms with E-state index in [-0.39, 0.29) is 12.2 Å². The molecule has 1 aliphatic heterocycles. The van der Waals surface area contributed by atoms with E-state index < -0.39 is 0 Å². The van der Waals surface area contributed by atoms with Crippen LogP contribution in [-0.4, -0.2) is 41.0 Å². The minimum Gasteiger partial charge on any atom is -0.372 e. The Hall–Kier alpha value is -3.28. The van der Waals surface area contributed by atoms with Crippen molar-refractivity contribution in [2.75, 3.05) is 13.1 Å². The number of rotatable bonds is 4. The molecule has 0 spiro atoms. The number of ether oxygens (including phenoxy) is 1. The van der Waals surface area contributed by atoms with Crippen LogP contribution in [0.15, 0.2) is 89.9 Å². The lowest BCUT2D eigenvalue weighted by Gasteiger charge is -2.37. The van der Waals surface area contributed by atoms with Crippen molar-refractivity contribution in [3.8, 4) is 21.8 Å². The van der Waals surface area contributed by atoms with Crippen molar-refractivity contribution < 1.29 is 4.74 Å². The van der Waals surface area contributed by atoms with Crippen molar-refractivity contribution in [2.45, 2.75) is 33.0 Å². The van der Waals surface area contributed by atoms with Crippen LogP contribution < -0.4 is 0 Å². The summed E-state index contributed by atoms with van der Waals surface area (Å²) in [5.41, 5.74) is 5.45. The van der Waals surface area contributed by atoms with Gasteiger partial charge in [-0.2, -0.15) is 0 Å². The van der Waals surface area contributed by atoms with Gasteiger partial charge in [0.15, 0.2) is 0 Å². The molecule has 0 saturated carbocycles. The second-order valence-electron chi connectivity index (χ2n) is 8.87. The van der Waals surface area contributed by atoms with E-state index in [1.165, 1.54) is 5.56 Å². The fourth-order valence-electron chi connectivity index (χ4n) is 4.34. The Morgan fingerprint density at radius 2 is 1.44 bits per heavy atom. The molecule has 4 aromatic rings. The summed E-state index contributed by atoms with van der Waals surface area (Å²) in [4.78, 5) is 12.7. The van der Waals surface area contributed by atoms with Crippen LogP contribution in [0.25, 0.3) is 21.8 Å². The van der Waals surface area contributed by atoms with Gasteiger partial charge in [0.25, 0.3) is 0 Å². The molecule has 3 aromatic carbocycles. The van der Waals surface area contributed by atoms with Gasteiger partial charge in [-0.1, -0.05) is 102 Å². The standard InChI is InChI=1S/C29H29N3OS/c1-20-14-16-24(17-15-20)27(32-18-21(2)33-22(3)19-32)31-29-26(23-10-6-4-7-11-23)30-28(34-29)25-12-8-5-9-13-25/h4-17,21-22H,18-19H2,1-3H3/t21-,22+. The molecular formula is C29H29N3OS. The van der Waals surface area contributed by atoms with Gasteiger partial charge in [0.1, 0.15) is 21.5 Å². The topological polar surface area (TPSA) is 37.7 Å². The molecule has 2 heterocycles. The zero-order valence-electron chi connectivity index (χ0n) is 19.8. The van der Waals surface area contributed by atoms with E-state index in [1.807, 2.05) is 12.1 Å². The first-order chi connectivity index (χ1) is 16.6. The van der Waals surface area contributed by atoms with E-state index in [4.69, 9.17) is 14.7 Å². The highest BCUT2D eigenvalue weighted by atomic mass is 32.1. The SMILES string of the molecule is Cc1ccc(C(=Nc2sc(-c3ccccc3)nc2-c2ccccc2)N2C[C@@H](C)O[C@@H](C)C2)cc1. The van der Waals surface area contributed by atoms with Gasteiger partial charge in [-0.3, -0.25) is 0 Å². The number of amidine groups is 1. The number of aliphatic imine (C=N–C) groups is 1. The van der Waals surface area contributed by atoms with Crippen molar-refractivity contribution in [3.63, 3.8) is 0 Å². The number of benzene rings is 3. The monoisotopic (exact) mass is 467 g/mol. The number of thiazole rings is 1. The summed E-state index contributed by atoms with van der Waals surface area (Å²) in [7, 11) is 0. The highest BCUT2D eigenvalue weighted by Crippen LogP contribution is 2.40. The lowest BCUT2D eigenvalue weighted by molar-refractivity contribution is -0.0478. The van der Waals surface area contributed by atoms with Crippen molar-refractivity contribution in [3.05, 3.63) is 96.1 Å². The molecule has 172 valence electrons. The third-order valence-electron chi connectivity index (χ3n) is 5.91. The van der Waals surface area contributed by atoms with Crippen LogP contribution in [0.3, 0.4) is 0 Å². The molecule has 5 heteroatoms. The predicted molar refractivity (Wildman–Crippen MR) is 142 cm³/mol. The largest absolute Gasteiger partial charge is 0.372 e. The Morgan fingerprint density at radius 1 is 0.853 bits per heavy atom. The van der Waals surface area contributed by atoms with Gasteiger partial charge in [0, 0.05) is 29.8 Å². The molecule has 0 radical (unpaired) electrons. The first kappa shape index (κ1) is 22.5. The van der Waals surface area contributed by atoms with Gasteiger partial charge in [0.05, 0.1) is 12.2 Å². The summed E-state index contributed by atoms with van der Waals surface area (Å²) in [6.45, 7) is 7.99. The Morgan fingerprint density at radius 3 is 2.06 bits per heavy atom. The van der Waals surface area contributed by atoms with Gasteiger partial charge in [-0.05, 0) is 20.8 Å². The summed E-state index contributed by atoms with van der Waals surface area (Å²) in [5.74, 6) is 0.974. The summed E-state index contributed by atoms with van der Waals surface area (Å²) in [6.07, 6.45) is 0.295. The zero-order chi connectivity index (χ0) is 23.5. The second kappa shape index (κ2) is 9.92. The molecule has 1 aliphatic rings. The number of morpholine rings is 1. The Bertz CT molecular complexity index is 1260. The molecule has 0 aliphatic carbocycles. The van der Waals surface area contributed by atoms with E-state index >= 15 is 0 Å². The molecule has 1 aromatic heterocycles. The smallest absolute Gasteiger partial charge is 0.146 e. The van der Waals surface area contributed by atoms with Crippen LogP contribution in [0, 0.1) is 6.92 Å². The van der Waals surface area contributed by atoms with Crippen LogP contribution in [-0.2, 0) is 4.74 Å². The molecule has 0 bridgehead atoms. The van der Waals surface area contributed by atoms with E-state index in [0.717, 1.165) is 51.3 Å². The third kappa shape index (κ3) is 4.96. The van der Waals surface area contributed by atoms with Crippen LogP contribution >= 0.6 is 11.3 Å². The maximum absolute atomic E-state index is 6.02. The Labute approximate surface area is 205 Å². The van der Waals surface area contributed by atoms with E-state index in [2.05, 4.69) is 98.5 Å². The van der Waals surface area contributed by atoms with Gasteiger partial charge in [0.2, 0.25) is 0 Å². The van der Waals surface area contributed by atoms with Crippen molar-refractivity contribution in [2.24, 2.45) is 4.99 Å². The normalized spacial score (nSPS) is 18.8. The number of nitrogens with zero attached hydrogens (tertiary/aromatic N) is 3. The van der Waals surface area contributed by atoms with Crippen molar-refractivity contribution in [1.82, 2.24) is 9.88 Å². The van der Waals surface area contributed by atoms with Crippen LogP contribution in [0.1, 0.15) is 25.0 Å². The Kier molecular flexibility index (Phi) is 6.57. The second-order valence-corrected chi connectivity index (χ2v) is 9.85. The molecule has 4 nitrogen and oxygen atoms in total. The first-order valence-corrected chi connectivity index (χ1v) is 12.6. The lowest BCUT2D eigenvalue weighted by Crippen LogP contribution is -2.48. The zero-order valence-corrected chi connectivity index (χ0v) is 20.6. The number of hydrogen-bond donors (Lipinski definition) is 0. The maximum Gasteiger partial charge on any atom is 0.146 e. The van der Waals surface area contributed by atoms with Crippen LogP contribution in [0.5, 0.6) is 0 Å². The molecule has 34 heavy (non-hydrogen) atoms. The average molecular weight is 468 g/mol. The van der Waals surface area contributed by atoms with Crippen LogP contribution in [0.2, 0.25) is 0 Å². The van der Waals surface area contributed by atoms with Gasteiger partial charge in [-0.15, -0.1) is 0 Å². The quantitative estimate of drug-likeness (QED) is 0.240. The minimum absolute atomic E-state index is 0.148. The molecule has 0 N–H and O–H groups in total. The van der Waals surface area contributed by atoms with E-state index in [9.17, 15) is 0 Å². The summed E-state index contributed by atoms with van der Waals surface area (Å²) < 4.78 is 6.02. The summed E-state index contributed by atoms with van der Waals surface area (Å²) in [6, 6.07) is 29.3. The van der Waals surface area contributed by atoms with Crippen LogP contribution in [0.4, 0.5) is 5.00 Å². The van der Waals surface area contributed by atoms with E-state index in [1.54, 1.807) is 11.3 Å². The molecule has 1 fully saturated rings. The Balaban J connectivity index is 1.66. The minimum atomic E-state index is 0.148. The molecule has 0 unspecified atom stereocenters.